The molecule has 2 aromatic rings. The first-order chi connectivity index (χ1) is 9.84. The van der Waals surface area contributed by atoms with Gasteiger partial charge in [0, 0.05) is 6.54 Å². The maximum Gasteiger partial charge on any atom is 0.419 e. The van der Waals surface area contributed by atoms with Gasteiger partial charge in [-0.1, -0.05) is 18.6 Å². The molecular formula is C16H23ClN2O2. The molecule has 1 fully saturated rings. The van der Waals surface area contributed by atoms with Gasteiger partial charge in [-0.25, -0.2) is 4.79 Å². The Morgan fingerprint density at radius 1 is 1.00 bits per heavy atom. The lowest BCUT2D eigenvalue weighted by Crippen LogP contribution is -2.30. The molecule has 5 heteroatoms. The minimum Gasteiger partial charge on any atom is -0.408 e. The summed E-state index contributed by atoms with van der Waals surface area (Å²) in [5.74, 6) is -0.232. The molecule has 0 aliphatic carbocycles. The van der Waals surface area contributed by atoms with Gasteiger partial charge in [-0.2, -0.15) is 0 Å². The Kier molecular flexibility index (Phi) is 5.88. The highest BCUT2D eigenvalue weighted by atomic mass is 35.5. The molecule has 0 N–H and O–H groups in total. The van der Waals surface area contributed by atoms with E-state index in [2.05, 4.69) is 4.90 Å². The van der Waals surface area contributed by atoms with Crippen LogP contribution in [-0.4, -0.2) is 29.1 Å². The molecule has 2 heterocycles. The van der Waals surface area contributed by atoms with Crippen molar-refractivity contribution in [3.63, 3.8) is 0 Å². The van der Waals surface area contributed by atoms with Crippen molar-refractivity contribution in [2.75, 3.05) is 19.6 Å². The standard InChI is InChI=1S/C16H22N2O2.ClH/c19-16-18(14-8-2-3-9-15(14)20-16)13-7-6-12-17-10-4-1-5-11-17;/h2-3,8-9H,1,4-7,10-13H2;1H. The molecule has 1 saturated heterocycles. The Bertz CT molecular complexity index is 614. The summed E-state index contributed by atoms with van der Waals surface area (Å²) in [6, 6.07) is 7.64. The van der Waals surface area contributed by atoms with Gasteiger partial charge in [0.2, 0.25) is 0 Å². The van der Waals surface area contributed by atoms with Gasteiger partial charge in [-0.15, -0.1) is 12.4 Å². The van der Waals surface area contributed by atoms with Crippen LogP contribution in [0.3, 0.4) is 0 Å². The molecular weight excluding hydrogens is 288 g/mol. The molecule has 0 amide bonds. The van der Waals surface area contributed by atoms with Crippen LogP contribution in [0.1, 0.15) is 32.1 Å². The lowest BCUT2D eigenvalue weighted by Gasteiger charge is -2.26. The summed E-state index contributed by atoms with van der Waals surface area (Å²) in [6.45, 7) is 4.40. The number of unbranched alkanes of at least 4 members (excludes halogenated alkanes) is 1. The summed E-state index contributed by atoms with van der Waals surface area (Å²) < 4.78 is 7.00. The fourth-order valence-electron chi connectivity index (χ4n) is 3.01. The number of nitrogens with zero attached hydrogens (tertiary/aromatic N) is 2. The first-order valence-corrected chi connectivity index (χ1v) is 7.65. The van der Waals surface area contributed by atoms with Gasteiger partial charge >= 0.3 is 5.76 Å². The lowest BCUT2D eigenvalue weighted by atomic mass is 10.1. The van der Waals surface area contributed by atoms with Gasteiger partial charge < -0.3 is 9.32 Å². The predicted molar refractivity (Wildman–Crippen MR) is 87.2 cm³/mol. The Hall–Kier alpha value is -1.26. The van der Waals surface area contributed by atoms with E-state index in [1.54, 1.807) is 4.57 Å². The number of rotatable bonds is 5. The van der Waals surface area contributed by atoms with Gasteiger partial charge in [0.05, 0.1) is 5.52 Å². The third-order valence-corrected chi connectivity index (χ3v) is 4.13. The minimum absolute atomic E-state index is 0. The molecule has 1 aromatic carbocycles. The topological polar surface area (TPSA) is 38.4 Å². The van der Waals surface area contributed by atoms with Crippen LogP contribution in [0.15, 0.2) is 33.5 Å². The maximum absolute atomic E-state index is 11.8. The van der Waals surface area contributed by atoms with Crippen molar-refractivity contribution in [1.29, 1.82) is 0 Å². The normalized spacial score (nSPS) is 16.0. The smallest absolute Gasteiger partial charge is 0.408 e. The number of piperidine rings is 1. The van der Waals surface area contributed by atoms with Gasteiger partial charge in [0.1, 0.15) is 0 Å². The van der Waals surface area contributed by atoms with E-state index in [9.17, 15) is 4.79 Å². The second-order valence-corrected chi connectivity index (χ2v) is 5.60. The molecule has 0 saturated carbocycles. The maximum atomic E-state index is 11.8. The lowest BCUT2D eigenvalue weighted by molar-refractivity contribution is 0.223. The number of fused-ring (bicyclic) bond motifs is 1. The Balaban J connectivity index is 0.00000161. The summed E-state index contributed by atoms with van der Waals surface area (Å²) in [5.41, 5.74) is 1.60. The average Bonchev–Trinajstić information content (AvgIpc) is 2.80. The average molecular weight is 311 g/mol. The molecule has 116 valence electrons. The Labute approximate surface area is 131 Å². The zero-order valence-electron chi connectivity index (χ0n) is 12.3. The van der Waals surface area contributed by atoms with Crippen LogP contribution >= 0.6 is 12.4 Å². The highest BCUT2D eigenvalue weighted by Crippen LogP contribution is 2.13. The van der Waals surface area contributed by atoms with Crippen molar-refractivity contribution in [3.05, 3.63) is 34.8 Å². The van der Waals surface area contributed by atoms with Crippen molar-refractivity contribution in [2.24, 2.45) is 0 Å². The van der Waals surface area contributed by atoms with E-state index in [4.69, 9.17) is 4.42 Å². The fraction of sp³-hybridized carbons (Fsp3) is 0.562. The van der Waals surface area contributed by atoms with Crippen LogP contribution in [0.5, 0.6) is 0 Å². The number of hydrogen-bond donors (Lipinski definition) is 0. The highest BCUT2D eigenvalue weighted by Gasteiger charge is 2.10. The molecule has 1 aliphatic heterocycles. The summed E-state index contributed by atoms with van der Waals surface area (Å²) in [7, 11) is 0. The summed E-state index contributed by atoms with van der Waals surface area (Å²) >= 11 is 0. The van der Waals surface area contributed by atoms with Crippen LogP contribution in [0, 0.1) is 0 Å². The van der Waals surface area contributed by atoms with Crippen molar-refractivity contribution in [3.8, 4) is 0 Å². The summed E-state index contributed by atoms with van der Waals surface area (Å²) in [6.07, 6.45) is 6.23. The summed E-state index contributed by atoms with van der Waals surface area (Å²) in [4.78, 5) is 14.4. The SMILES string of the molecule is Cl.O=c1oc2ccccc2n1CCCCN1CCCCC1. The monoisotopic (exact) mass is 310 g/mol. The van der Waals surface area contributed by atoms with Crippen LogP contribution in [-0.2, 0) is 6.54 Å². The fourth-order valence-corrected chi connectivity index (χ4v) is 3.01. The van der Waals surface area contributed by atoms with Crippen LogP contribution < -0.4 is 5.76 Å². The number of likely N-dealkylation sites (tertiary alicyclic amines) is 1. The van der Waals surface area contributed by atoms with Crippen LogP contribution in [0.2, 0.25) is 0 Å². The van der Waals surface area contributed by atoms with Gasteiger partial charge in [-0.05, 0) is 57.5 Å². The van der Waals surface area contributed by atoms with E-state index in [1.165, 1.54) is 32.4 Å². The molecule has 1 aromatic heterocycles. The van der Waals surface area contributed by atoms with Gasteiger partial charge in [0.25, 0.3) is 0 Å². The number of halogens is 1. The zero-order chi connectivity index (χ0) is 13.8. The first-order valence-electron chi connectivity index (χ1n) is 7.65. The molecule has 0 radical (unpaired) electrons. The van der Waals surface area contributed by atoms with Crippen molar-refractivity contribution >= 4 is 23.5 Å². The van der Waals surface area contributed by atoms with Crippen LogP contribution in [0.25, 0.3) is 11.1 Å². The molecule has 1 aliphatic rings. The Morgan fingerprint density at radius 3 is 2.52 bits per heavy atom. The van der Waals surface area contributed by atoms with E-state index in [1.807, 2.05) is 24.3 Å². The van der Waals surface area contributed by atoms with E-state index in [0.29, 0.717) is 5.58 Å². The van der Waals surface area contributed by atoms with E-state index >= 15 is 0 Å². The third-order valence-electron chi connectivity index (χ3n) is 4.13. The van der Waals surface area contributed by atoms with Crippen molar-refractivity contribution < 1.29 is 4.42 Å². The molecule has 0 atom stereocenters. The highest BCUT2D eigenvalue weighted by molar-refractivity contribution is 5.85. The number of benzene rings is 1. The second-order valence-electron chi connectivity index (χ2n) is 5.60. The first kappa shape index (κ1) is 16.1. The van der Waals surface area contributed by atoms with Crippen molar-refractivity contribution in [2.45, 2.75) is 38.6 Å². The van der Waals surface area contributed by atoms with E-state index in [-0.39, 0.29) is 18.2 Å². The molecule has 3 rings (SSSR count). The number of aromatic nitrogens is 1. The van der Waals surface area contributed by atoms with Crippen molar-refractivity contribution in [1.82, 2.24) is 9.47 Å². The number of aryl methyl sites for hydroxylation is 1. The van der Waals surface area contributed by atoms with Crippen LogP contribution in [0.4, 0.5) is 0 Å². The largest absolute Gasteiger partial charge is 0.419 e. The van der Waals surface area contributed by atoms with E-state index in [0.717, 1.165) is 31.4 Å². The van der Waals surface area contributed by atoms with Gasteiger partial charge in [0.15, 0.2) is 5.58 Å². The minimum atomic E-state index is -0.232. The molecule has 0 spiro atoms. The number of hydrogen-bond acceptors (Lipinski definition) is 3. The predicted octanol–water partition coefficient (Wildman–Crippen LogP) is 3.28. The summed E-state index contributed by atoms with van der Waals surface area (Å²) in [5, 5.41) is 0. The third kappa shape index (κ3) is 3.89. The molecule has 0 unspecified atom stereocenters. The Morgan fingerprint density at radius 2 is 1.71 bits per heavy atom. The molecule has 4 nitrogen and oxygen atoms in total. The van der Waals surface area contributed by atoms with Gasteiger partial charge in [-0.3, -0.25) is 4.57 Å². The molecule has 0 bridgehead atoms. The number of oxazole rings is 1. The number of para-hydroxylation sites is 2. The quantitative estimate of drug-likeness (QED) is 0.795. The second kappa shape index (κ2) is 7.66. The van der Waals surface area contributed by atoms with E-state index < -0.39 is 0 Å². The zero-order valence-corrected chi connectivity index (χ0v) is 13.1. The molecule has 21 heavy (non-hydrogen) atoms.